The van der Waals surface area contributed by atoms with Crippen LogP contribution in [0.1, 0.15) is 10.4 Å². The summed E-state index contributed by atoms with van der Waals surface area (Å²) in [5.74, 6) is -3.28. The van der Waals surface area contributed by atoms with E-state index < -0.39 is 23.3 Å². The number of hydrogen-bond donors (Lipinski definition) is 0. The zero-order valence-corrected chi connectivity index (χ0v) is 8.91. The topological polar surface area (TPSA) is 66.4 Å². The van der Waals surface area contributed by atoms with E-state index in [0.29, 0.717) is 0 Å². The molecule has 0 aromatic heterocycles. The summed E-state index contributed by atoms with van der Waals surface area (Å²) in [4.78, 5) is 21.1. The summed E-state index contributed by atoms with van der Waals surface area (Å²) in [5, 5.41) is 10.3. The van der Waals surface area contributed by atoms with E-state index in [9.17, 15) is 19.1 Å². The van der Waals surface area contributed by atoms with Crippen LogP contribution in [-0.2, 0) is 4.79 Å². The molecule has 0 saturated heterocycles. The van der Waals surface area contributed by atoms with Gasteiger partial charge in [-0.3, -0.25) is 4.79 Å². The van der Waals surface area contributed by atoms with Crippen molar-refractivity contribution in [2.45, 2.75) is 0 Å². The van der Waals surface area contributed by atoms with Crippen LogP contribution in [0.15, 0.2) is 18.2 Å². The van der Waals surface area contributed by atoms with Gasteiger partial charge in [0.1, 0.15) is 16.9 Å². The van der Waals surface area contributed by atoms with Crippen molar-refractivity contribution in [3.63, 3.8) is 0 Å². The lowest BCUT2D eigenvalue weighted by Crippen LogP contribution is -2.23. The molecule has 0 aliphatic rings. The van der Waals surface area contributed by atoms with Crippen molar-refractivity contribution in [3.05, 3.63) is 29.6 Å². The average molecular weight is 276 g/mol. The standard InChI is InChI=1S/C9H6BrFO4/c10-4-8(12)15-5-1-2-6(9(13)14)7(11)3-5/h1-3H,4H2,(H,13,14)/p-1. The van der Waals surface area contributed by atoms with E-state index in [1.165, 1.54) is 6.07 Å². The van der Waals surface area contributed by atoms with Crippen LogP contribution in [-0.4, -0.2) is 17.3 Å². The smallest absolute Gasteiger partial charge is 0.321 e. The Morgan fingerprint density at radius 3 is 2.60 bits per heavy atom. The minimum atomic E-state index is -1.62. The highest BCUT2D eigenvalue weighted by Gasteiger charge is 2.07. The molecule has 1 rings (SSSR count). The second-order valence-corrected chi connectivity index (χ2v) is 3.10. The molecule has 0 N–H and O–H groups in total. The number of benzene rings is 1. The second-order valence-electron chi connectivity index (χ2n) is 2.54. The summed E-state index contributed by atoms with van der Waals surface area (Å²) < 4.78 is 17.7. The van der Waals surface area contributed by atoms with Gasteiger partial charge in [-0.25, -0.2) is 4.39 Å². The maximum Gasteiger partial charge on any atom is 0.321 e. The highest BCUT2D eigenvalue weighted by molar-refractivity contribution is 9.09. The summed E-state index contributed by atoms with van der Waals surface area (Å²) in [6.45, 7) is 0. The molecule has 0 fully saturated rings. The van der Waals surface area contributed by atoms with Gasteiger partial charge in [-0.1, -0.05) is 15.9 Å². The summed E-state index contributed by atoms with van der Waals surface area (Å²) in [6, 6.07) is 2.96. The number of halogens is 2. The van der Waals surface area contributed by atoms with Crippen molar-refractivity contribution < 1.29 is 23.8 Å². The largest absolute Gasteiger partial charge is 0.545 e. The normalized spacial score (nSPS) is 9.73. The fraction of sp³-hybridized carbons (Fsp3) is 0.111. The van der Waals surface area contributed by atoms with E-state index in [0.717, 1.165) is 12.1 Å². The lowest BCUT2D eigenvalue weighted by atomic mass is 10.2. The number of alkyl halides is 1. The Morgan fingerprint density at radius 2 is 2.13 bits per heavy atom. The molecule has 80 valence electrons. The first-order valence-corrected chi connectivity index (χ1v) is 4.94. The number of carboxylic acids is 1. The summed E-state index contributed by atoms with van der Waals surface area (Å²) in [6.07, 6.45) is 0. The zero-order chi connectivity index (χ0) is 11.4. The Kier molecular flexibility index (Phi) is 3.79. The zero-order valence-electron chi connectivity index (χ0n) is 7.33. The molecule has 0 spiro atoms. The van der Waals surface area contributed by atoms with E-state index in [1.54, 1.807) is 0 Å². The maximum absolute atomic E-state index is 13.0. The van der Waals surface area contributed by atoms with Gasteiger partial charge in [-0.15, -0.1) is 0 Å². The molecule has 15 heavy (non-hydrogen) atoms. The first-order valence-electron chi connectivity index (χ1n) is 3.82. The van der Waals surface area contributed by atoms with Crippen molar-refractivity contribution in [1.29, 1.82) is 0 Å². The van der Waals surface area contributed by atoms with Crippen molar-refractivity contribution in [2.75, 3.05) is 5.33 Å². The van der Waals surface area contributed by atoms with E-state index >= 15 is 0 Å². The van der Waals surface area contributed by atoms with Crippen molar-refractivity contribution in [2.24, 2.45) is 0 Å². The van der Waals surface area contributed by atoms with E-state index in [2.05, 4.69) is 20.7 Å². The molecule has 1 aromatic carbocycles. The Balaban J connectivity index is 2.91. The third-order valence-corrected chi connectivity index (χ3v) is 1.96. The Hall–Kier alpha value is -1.43. The number of aromatic carboxylic acids is 1. The number of ether oxygens (including phenoxy) is 1. The van der Waals surface area contributed by atoms with Gasteiger partial charge in [0.05, 0.1) is 5.97 Å². The van der Waals surface area contributed by atoms with Crippen LogP contribution in [0, 0.1) is 5.82 Å². The highest BCUT2D eigenvalue weighted by atomic mass is 79.9. The molecule has 0 bridgehead atoms. The molecule has 0 unspecified atom stereocenters. The fourth-order valence-corrected chi connectivity index (χ4v) is 0.998. The van der Waals surface area contributed by atoms with Gasteiger partial charge in [0.15, 0.2) is 0 Å². The number of esters is 1. The molecule has 0 aliphatic carbocycles. The van der Waals surface area contributed by atoms with Gasteiger partial charge in [-0.05, 0) is 12.1 Å². The first-order chi connectivity index (χ1) is 7.04. The predicted molar refractivity (Wildman–Crippen MR) is 50.2 cm³/mol. The maximum atomic E-state index is 13.0. The minimum absolute atomic E-state index is 0.0309. The minimum Gasteiger partial charge on any atom is -0.545 e. The van der Waals surface area contributed by atoms with Gasteiger partial charge in [-0.2, -0.15) is 0 Å². The third-order valence-electron chi connectivity index (χ3n) is 1.50. The van der Waals surface area contributed by atoms with Crippen LogP contribution in [0.3, 0.4) is 0 Å². The molecule has 6 heteroatoms. The third kappa shape index (κ3) is 3.02. The monoisotopic (exact) mass is 275 g/mol. The number of carbonyl (C=O) groups is 2. The highest BCUT2D eigenvalue weighted by Crippen LogP contribution is 2.16. The fourth-order valence-electron chi connectivity index (χ4n) is 0.884. The number of carboxylic acid groups (broad SMARTS) is 1. The second kappa shape index (κ2) is 4.88. The van der Waals surface area contributed by atoms with Gasteiger partial charge in [0, 0.05) is 11.6 Å². The summed E-state index contributed by atoms with van der Waals surface area (Å²) in [7, 11) is 0. The van der Waals surface area contributed by atoms with E-state index in [1.807, 2.05) is 0 Å². The van der Waals surface area contributed by atoms with Crippen LogP contribution in [0.5, 0.6) is 5.75 Å². The van der Waals surface area contributed by atoms with Gasteiger partial charge in [0.25, 0.3) is 0 Å². The molecular weight excluding hydrogens is 271 g/mol. The van der Waals surface area contributed by atoms with Gasteiger partial charge in [0.2, 0.25) is 0 Å². The van der Waals surface area contributed by atoms with Crippen LogP contribution in [0.2, 0.25) is 0 Å². The van der Waals surface area contributed by atoms with Gasteiger partial charge < -0.3 is 14.6 Å². The predicted octanol–water partition coefficient (Wildman–Crippen LogP) is 0.490. The van der Waals surface area contributed by atoms with E-state index in [-0.39, 0.29) is 11.1 Å². The van der Waals surface area contributed by atoms with Crippen molar-refractivity contribution in [1.82, 2.24) is 0 Å². The van der Waals surface area contributed by atoms with Crippen LogP contribution >= 0.6 is 15.9 Å². The molecule has 0 heterocycles. The molecule has 4 nitrogen and oxygen atoms in total. The Bertz CT molecular complexity index is 405. The lowest BCUT2D eigenvalue weighted by Gasteiger charge is -2.06. The molecule has 0 aliphatic heterocycles. The van der Waals surface area contributed by atoms with Crippen LogP contribution in [0.4, 0.5) is 4.39 Å². The SMILES string of the molecule is O=C(CBr)Oc1ccc(C(=O)[O-])c(F)c1. The quantitative estimate of drug-likeness (QED) is 0.458. The average Bonchev–Trinajstić information content (AvgIpc) is 2.17. The lowest BCUT2D eigenvalue weighted by molar-refractivity contribution is -0.255. The van der Waals surface area contributed by atoms with Gasteiger partial charge >= 0.3 is 5.97 Å². The number of carbonyl (C=O) groups excluding carboxylic acids is 2. The molecular formula is C9H5BrFO4-. The van der Waals surface area contributed by atoms with Crippen LogP contribution in [0.25, 0.3) is 0 Å². The van der Waals surface area contributed by atoms with Crippen molar-refractivity contribution >= 4 is 27.9 Å². The molecule has 0 saturated carbocycles. The van der Waals surface area contributed by atoms with Crippen LogP contribution < -0.4 is 9.84 Å². The Morgan fingerprint density at radius 1 is 1.47 bits per heavy atom. The summed E-state index contributed by atoms with van der Waals surface area (Å²) in [5.41, 5.74) is -0.575. The van der Waals surface area contributed by atoms with E-state index in [4.69, 9.17) is 0 Å². The Labute approximate surface area is 92.8 Å². The van der Waals surface area contributed by atoms with Crippen molar-refractivity contribution in [3.8, 4) is 5.75 Å². The number of hydrogen-bond acceptors (Lipinski definition) is 4. The first kappa shape index (κ1) is 11.6. The molecule has 0 radical (unpaired) electrons. The number of rotatable bonds is 3. The summed E-state index contributed by atoms with van der Waals surface area (Å²) >= 11 is 2.86. The molecule has 0 atom stereocenters. The molecule has 1 aromatic rings. The molecule has 0 amide bonds.